The molecule has 0 unspecified atom stereocenters. The van der Waals surface area contributed by atoms with E-state index in [2.05, 4.69) is 30.7 Å². The van der Waals surface area contributed by atoms with Crippen LogP contribution < -0.4 is 21.1 Å². The van der Waals surface area contributed by atoms with Crippen molar-refractivity contribution in [1.82, 2.24) is 34.9 Å². The number of halogens is 1. The first-order valence-corrected chi connectivity index (χ1v) is 18.8. The van der Waals surface area contributed by atoms with E-state index in [9.17, 15) is 14.0 Å². The smallest absolute Gasteiger partial charge is 0.407 e. The third-order valence-corrected chi connectivity index (χ3v) is 9.98. The van der Waals surface area contributed by atoms with Crippen LogP contribution in [0.25, 0.3) is 27.5 Å². The number of amides is 1. The lowest BCUT2D eigenvalue weighted by atomic mass is 9.95. The second-order valence-electron chi connectivity index (χ2n) is 15.2. The van der Waals surface area contributed by atoms with E-state index in [4.69, 9.17) is 14.5 Å². The van der Waals surface area contributed by atoms with Gasteiger partial charge in [-0.15, -0.1) is 10.2 Å². The molecule has 8 rings (SSSR count). The largest absolute Gasteiger partial charge is 0.450 e. The number of nitrogens with one attached hydrogen (secondary N) is 2. The average molecular weight is 743 g/mol. The Bertz CT molecular complexity index is 2460. The van der Waals surface area contributed by atoms with E-state index in [0.29, 0.717) is 64.9 Å². The summed E-state index contributed by atoms with van der Waals surface area (Å²) in [6.07, 6.45) is 5.21. The summed E-state index contributed by atoms with van der Waals surface area (Å²) in [6, 6.07) is 22.3. The molecule has 0 aliphatic carbocycles. The molecule has 12 nitrogen and oxygen atoms in total. The van der Waals surface area contributed by atoms with Gasteiger partial charge in [-0.1, -0.05) is 42.5 Å². The Morgan fingerprint density at radius 1 is 0.964 bits per heavy atom. The maximum absolute atomic E-state index is 13.9. The molecule has 2 aliphatic rings. The molecule has 0 atom stereocenters. The maximum Gasteiger partial charge on any atom is 0.407 e. The Morgan fingerprint density at radius 2 is 1.76 bits per heavy atom. The Hall–Kier alpha value is -5.95. The Balaban J connectivity index is 1.01. The molecular formula is C42H43FN8O4. The molecule has 13 heteroatoms. The fourth-order valence-electron chi connectivity index (χ4n) is 7.28. The van der Waals surface area contributed by atoms with Gasteiger partial charge in [-0.3, -0.25) is 4.57 Å². The van der Waals surface area contributed by atoms with Gasteiger partial charge in [0, 0.05) is 17.8 Å². The van der Waals surface area contributed by atoms with Gasteiger partial charge in [-0.2, -0.15) is 4.98 Å². The van der Waals surface area contributed by atoms with Gasteiger partial charge in [0.2, 0.25) is 0 Å². The van der Waals surface area contributed by atoms with E-state index in [1.807, 2.05) is 75.4 Å². The second kappa shape index (κ2) is 15.1. The van der Waals surface area contributed by atoms with Crippen LogP contribution in [0, 0.1) is 5.82 Å². The van der Waals surface area contributed by atoms with Crippen molar-refractivity contribution in [2.24, 2.45) is 0 Å². The number of carbonyl (C=O) groups is 1. The molecule has 1 fully saturated rings. The fraction of sp³-hybridized carbons (Fsp3) is 0.333. The number of likely N-dealkylation sites (tertiary alicyclic amines) is 1. The first-order valence-electron chi connectivity index (χ1n) is 18.8. The molecule has 55 heavy (non-hydrogen) atoms. The van der Waals surface area contributed by atoms with Gasteiger partial charge in [-0.05, 0) is 119 Å². The minimum absolute atomic E-state index is 0.105. The van der Waals surface area contributed by atoms with E-state index in [-0.39, 0.29) is 11.7 Å². The van der Waals surface area contributed by atoms with Crippen LogP contribution in [0.2, 0.25) is 0 Å². The molecule has 1 saturated heterocycles. The van der Waals surface area contributed by atoms with Crippen LogP contribution in [-0.4, -0.2) is 67.5 Å². The van der Waals surface area contributed by atoms with Gasteiger partial charge >= 0.3 is 11.8 Å². The third kappa shape index (κ3) is 8.12. The van der Waals surface area contributed by atoms with Crippen LogP contribution in [0.4, 0.5) is 20.7 Å². The zero-order chi connectivity index (χ0) is 38.1. The lowest BCUT2D eigenvalue weighted by Gasteiger charge is -2.31. The fourth-order valence-corrected chi connectivity index (χ4v) is 7.28. The van der Waals surface area contributed by atoms with Crippen molar-refractivity contribution < 1.29 is 18.7 Å². The highest BCUT2D eigenvalue weighted by atomic mass is 19.1. The van der Waals surface area contributed by atoms with E-state index < -0.39 is 17.4 Å². The SMILES string of the molecule is CC(C)(C)OC(=O)NCCCN1CCC(c2nnc3cc4ccccc4c(-n4cc5c(nc4=O)Nc4cc(CCc6cccc(F)c6)ccc4O5)c3n2)CC1. The number of hydrogen-bond acceptors (Lipinski definition) is 10. The highest BCUT2D eigenvalue weighted by molar-refractivity contribution is 6.04. The molecule has 0 saturated carbocycles. The van der Waals surface area contributed by atoms with E-state index in [0.717, 1.165) is 60.8 Å². The van der Waals surface area contributed by atoms with E-state index in [1.165, 1.54) is 10.6 Å². The maximum atomic E-state index is 13.9. The Kier molecular flexibility index (Phi) is 9.87. The number of hydrogen-bond donors (Lipinski definition) is 2. The topological polar surface area (TPSA) is 136 Å². The minimum atomic E-state index is -0.521. The summed E-state index contributed by atoms with van der Waals surface area (Å²) in [5, 5.41) is 17.1. The lowest BCUT2D eigenvalue weighted by molar-refractivity contribution is 0.0525. The number of fused-ring (bicyclic) bond motifs is 4. The monoisotopic (exact) mass is 742 g/mol. The normalized spacial score (nSPS) is 14.5. The van der Waals surface area contributed by atoms with Gasteiger partial charge in [0.25, 0.3) is 0 Å². The van der Waals surface area contributed by atoms with Gasteiger partial charge < -0.3 is 25.0 Å². The van der Waals surface area contributed by atoms with Crippen LogP contribution in [0.5, 0.6) is 11.5 Å². The molecule has 2 aliphatic heterocycles. The van der Waals surface area contributed by atoms with Crippen molar-refractivity contribution in [3.63, 3.8) is 0 Å². The van der Waals surface area contributed by atoms with Crippen molar-refractivity contribution in [3.05, 3.63) is 112 Å². The summed E-state index contributed by atoms with van der Waals surface area (Å²) < 4.78 is 26.8. The standard InChI is InChI=1S/C42H43FN8O4/c1-42(2,3)55-41(53)44-18-7-19-50-20-16-28(17-21-50)38-46-36-33(48-49-38)24-29-9-4-5-11-31(29)37(36)51-25-35-39(47-40(51)52)45-32-23-27(14-15-34(32)54-35)13-12-26-8-6-10-30(43)22-26/h4-6,8-11,14-15,22-25,28H,7,12-13,16-21H2,1-3H3,(H,44,53)(H,45,47,52). The first-order chi connectivity index (χ1) is 26.6. The summed E-state index contributed by atoms with van der Waals surface area (Å²) >= 11 is 0. The summed E-state index contributed by atoms with van der Waals surface area (Å²) in [5.74, 6) is 1.83. The number of anilines is 2. The predicted octanol–water partition coefficient (Wildman–Crippen LogP) is 7.59. The second-order valence-corrected chi connectivity index (χ2v) is 15.2. The highest BCUT2D eigenvalue weighted by Gasteiger charge is 2.26. The molecule has 282 valence electrons. The van der Waals surface area contributed by atoms with Crippen molar-refractivity contribution in [3.8, 4) is 17.2 Å². The van der Waals surface area contributed by atoms with Crippen LogP contribution in [0.15, 0.2) is 83.8 Å². The molecule has 4 heterocycles. The number of carbonyl (C=O) groups excluding carboxylic acids is 1. The van der Waals surface area contributed by atoms with Crippen molar-refractivity contribution in [1.29, 1.82) is 0 Å². The number of benzene rings is 4. The number of piperidine rings is 1. The molecule has 0 bridgehead atoms. The predicted molar refractivity (Wildman–Crippen MR) is 209 cm³/mol. The summed E-state index contributed by atoms with van der Waals surface area (Å²) in [7, 11) is 0. The van der Waals surface area contributed by atoms with E-state index >= 15 is 0 Å². The van der Waals surface area contributed by atoms with Crippen molar-refractivity contribution in [2.75, 3.05) is 31.5 Å². The highest BCUT2D eigenvalue weighted by Crippen LogP contribution is 2.41. The molecule has 0 radical (unpaired) electrons. The summed E-state index contributed by atoms with van der Waals surface area (Å²) in [6.45, 7) is 8.71. The number of nitrogens with zero attached hydrogens (tertiary/aromatic N) is 6. The van der Waals surface area contributed by atoms with Crippen LogP contribution in [-0.2, 0) is 17.6 Å². The van der Waals surface area contributed by atoms with Gasteiger partial charge in [-0.25, -0.2) is 19.0 Å². The van der Waals surface area contributed by atoms with Crippen LogP contribution in [0.1, 0.15) is 62.9 Å². The van der Waals surface area contributed by atoms with Gasteiger partial charge in [0.1, 0.15) is 22.5 Å². The Labute approximate surface area is 317 Å². The van der Waals surface area contributed by atoms with Crippen molar-refractivity contribution in [2.45, 2.75) is 64.4 Å². The summed E-state index contributed by atoms with van der Waals surface area (Å²) in [4.78, 5) is 37.8. The van der Waals surface area contributed by atoms with Gasteiger partial charge in [0.15, 0.2) is 23.1 Å². The molecule has 4 aromatic carbocycles. The van der Waals surface area contributed by atoms with E-state index in [1.54, 1.807) is 18.3 Å². The number of alkyl carbamates (subject to hydrolysis) is 1. The zero-order valence-electron chi connectivity index (χ0n) is 31.1. The van der Waals surface area contributed by atoms with Crippen LogP contribution in [0.3, 0.4) is 0 Å². The van der Waals surface area contributed by atoms with Crippen LogP contribution >= 0.6 is 0 Å². The molecule has 6 aromatic rings. The van der Waals surface area contributed by atoms with Crippen molar-refractivity contribution >= 4 is 39.4 Å². The molecule has 0 spiro atoms. The van der Waals surface area contributed by atoms with Gasteiger partial charge in [0.05, 0.1) is 17.6 Å². The molecule has 1 amide bonds. The minimum Gasteiger partial charge on any atom is -0.450 e. The summed E-state index contributed by atoms with van der Waals surface area (Å²) in [5.41, 5.74) is 3.37. The third-order valence-electron chi connectivity index (χ3n) is 9.98. The zero-order valence-corrected chi connectivity index (χ0v) is 31.1. The molecule has 2 N–H and O–H groups in total. The first kappa shape index (κ1) is 36.0. The Morgan fingerprint density at radius 3 is 2.56 bits per heavy atom. The number of rotatable bonds is 9. The molecule has 2 aromatic heterocycles. The molecular weight excluding hydrogens is 700 g/mol. The number of aryl methyl sites for hydroxylation is 2. The lowest BCUT2D eigenvalue weighted by Crippen LogP contribution is -2.37. The number of ether oxygens (including phenoxy) is 2. The average Bonchev–Trinajstić information content (AvgIpc) is 3.16. The quantitative estimate of drug-likeness (QED) is 0.112. The number of aromatic nitrogens is 5.